The largest absolute Gasteiger partial charge is 0.383 e. The van der Waals surface area contributed by atoms with E-state index < -0.39 is 0 Å². The number of H-pyrrole nitrogens is 1. The molecule has 12 heavy (non-hydrogen) atoms. The lowest BCUT2D eigenvalue weighted by Crippen LogP contribution is -1.93. The Kier molecular flexibility index (Phi) is 1.55. The lowest BCUT2D eigenvalue weighted by molar-refractivity contribution is 1.09. The molecule has 0 saturated carbocycles. The first-order chi connectivity index (χ1) is 5.68. The summed E-state index contributed by atoms with van der Waals surface area (Å²) in [6.07, 6.45) is 0. The van der Waals surface area contributed by atoms with Gasteiger partial charge >= 0.3 is 0 Å². The number of fused-ring (bicyclic) bond motifs is 1. The number of aromatic amines is 1. The van der Waals surface area contributed by atoms with Crippen molar-refractivity contribution in [1.82, 2.24) is 20.2 Å². The third-order valence-electron chi connectivity index (χ3n) is 1.37. The summed E-state index contributed by atoms with van der Waals surface area (Å²) >= 11 is 11.2. The molecule has 0 bridgehead atoms. The fourth-order valence-electron chi connectivity index (χ4n) is 0.888. The van der Waals surface area contributed by atoms with Crippen LogP contribution < -0.4 is 5.73 Å². The minimum absolute atomic E-state index is 0.0585. The Morgan fingerprint density at radius 3 is 2.75 bits per heavy atom. The Bertz CT molecular complexity index is 437. The van der Waals surface area contributed by atoms with Crippen LogP contribution in [0.25, 0.3) is 11.0 Å². The van der Waals surface area contributed by atoms with Crippen molar-refractivity contribution in [3.8, 4) is 0 Å². The van der Waals surface area contributed by atoms with E-state index in [9.17, 15) is 0 Å². The summed E-state index contributed by atoms with van der Waals surface area (Å²) in [5.74, 6) is 0.226. The van der Waals surface area contributed by atoms with Gasteiger partial charge in [0.05, 0.1) is 0 Å². The molecule has 2 heterocycles. The van der Waals surface area contributed by atoms with E-state index in [-0.39, 0.29) is 11.1 Å². The zero-order valence-electron chi connectivity index (χ0n) is 5.67. The van der Waals surface area contributed by atoms with Gasteiger partial charge in [0, 0.05) is 0 Å². The molecule has 0 radical (unpaired) electrons. The summed E-state index contributed by atoms with van der Waals surface area (Å²) in [4.78, 5) is 7.53. The van der Waals surface area contributed by atoms with Crippen molar-refractivity contribution in [2.24, 2.45) is 0 Å². The van der Waals surface area contributed by atoms with Gasteiger partial charge in [-0.3, -0.25) is 5.10 Å². The van der Waals surface area contributed by atoms with Crippen molar-refractivity contribution >= 4 is 40.1 Å². The third kappa shape index (κ3) is 0.981. The first kappa shape index (κ1) is 7.57. The molecule has 0 saturated heterocycles. The first-order valence-corrected chi connectivity index (χ1v) is 3.76. The van der Waals surface area contributed by atoms with Crippen LogP contribution in [0.15, 0.2) is 0 Å². The lowest BCUT2D eigenvalue weighted by atomic mass is 10.4. The second-order valence-electron chi connectivity index (χ2n) is 2.11. The molecule has 0 unspecified atom stereocenters. The van der Waals surface area contributed by atoms with E-state index in [2.05, 4.69) is 20.2 Å². The van der Waals surface area contributed by atoms with Crippen LogP contribution in [0.3, 0.4) is 0 Å². The number of anilines is 1. The van der Waals surface area contributed by atoms with Crippen molar-refractivity contribution < 1.29 is 0 Å². The van der Waals surface area contributed by atoms with Gasteiger partial charge in [-0.25, -0.2) is 4.98 Å². The third-order valence-corrected chi connectivity index (χ3v) is 1.81. The highest BCUT2D eigenvalue weighted by Gasteiger charge is 2.10. The van der Waals surface area contributed by atoms with Gasteiger partial charge in [-0.2, -0.15) is 10.1 Å². The van der Waals surface area contributed by atoms with Crippen LogP contribution in [0.4, 0.5) is 5.82 Å². The van der Waals surface area contributed by atoms with Crippen molar-refractivity contribution in [3.63, 3.8) is 0 Å². The number of nitrogens with zero attached hydrogens (tertiary/aromatic N) is 3. The summed E-state index contributed by atoms with van der Waals surface area (Å²) in [6, 6.07) is 0. The Hall–Kier alpha value is -1.07. The van der Waals surface area contributed by atoms with Gasteiger partial charge in [0.15, 0.2) is 5.65 Å². The molecule has 0 spiro atoms. The van der Waals surface area contributed by atoms with Crippen LogP contribution in [-0.4, -0.2) is 20.2 Å². The van der Waals surface area contributed by atoms with Crippen LogP contribution in [0.1, 0.15) is 0 Å². The molecule has 62 valence electrons. The standard InChI is InChI=1S/C5H3Cl2N5/c6-2-1-3(8)9-5(7)10-4(1)12-11-2/h(H3,8,9,10,11,12). The fraction of sp³-hybridized carbons (Fsp3) is 0. The molecule has 2 rings (SSSR count). The van der Waals surface area contributed by atoms with E-state index in [4.69, 9.17) is 28.9 Å². The number of nitrogens with two attached hydrogens (primary N) is 1. The maximum Gasteiger partial charge on any atom is 0.226 e. The summed E-state index contributed by atoms with van der Waals surface area (Å²) in [6.45, 7) is 0. The molecular weight excluding hydrogens is 201 g/mol. The predicted octanol–water partition coefficient (Wildman–Crippen LogP) is 1.24. The first-order valence-electron chi connectivity index (χ1n) is 3.01. The van der Waals surface area contributed by atoms with Crippen LogP contribution in [0, 0.1) is 0 Å². The predicted molar refractivity (Wildman–Crippen MR) is 46.1 cm³/mol. The number of nitrogens with one attached hydrogen (secondary N) is 1. The SMILES string of the molecule is Nc1nc(Cl)nc2n[nH]c(Cl)c12. The van der Waals surface area contributed by atoms with Crippen molar-refractivity contribution in [1.29, 1.82) is 0 Å². The molecule has 2 aromatic rings. The highest BCUT2D eigenvalue weighted by Crippen LogP contribution is 2.24. The monoisotopic (exact) mass is 203 g/mol. The van der Waals surface area contributed by atoms with Crippen molar-refractivity contribution in [2.75, 3.05) is 5.73 Å². The van der Waals surface area contributed by atoms with E-state index >= 15 is 0 Å². The minimum atomic E-state index is 0.0585. The number of rotatable bonds is 0. The van der Waals surface area contributed by atoms with Crippen LogP contribution in [-0.2, 0) is 0 Å². The van der Waals surface area contributed by atoms with Gasteiger partial charge in [-0.05, 0) is 11.6 Å². The second kappa shape index (κ2) is 2.46. The molecule has 0 atom stereocenters. The molecule has 0 aliphatic rings. The molecule has 5 nitrogen and oxygen atoms in total. The van der Waals surface area contributed by atoms with Gasteiger partial charge < -0.3 is 5.73 Å². The molecule has 0 fully saturated rings. The lowest BCUT2D eigenvalue weighted by Gasteiger charge is -1.93. The zero-order chi connectivity index (χ0) is 8.72. The Balaban J connectivity index is 2.93. The van der Waals surface area contributed by atoms with E-state index in [1.54, 1.807) is 0 Å². The van der Waals surface area contributed by atoms with E-state index in [1.165, 1.54) is 0 Å². The van der Waals surface area contributed by atoms with Crippen LogP contribution >= 0.6 is 23.2 Å². The minimum Gasteiger partial charge on any atom is -0.383 e. The number of halogens is 2. The molecule has 3 N–H and O–H groups in total. The van der Waals surface area contributed by atoms with Crippen LogP contribution in [0.5, 0.6) is 0 Å². The maximum absolute atomic E-state index is 5.71. The summed E-state index contributed by atoms with van der Waals surface area (Å²) in [7, 11) is 0. The van der Waals surface area contributed by atoms with Crippen molar-refractivity contribution in [2.45, 2.75) is 0 Å². The molecule has 0 aliphatic carbocycles. The van der Waals surface area contributed by atoms with Crippen LogP contribution in [0.2, 0.25) is 10.4 Å². The topological polar surface area (TPSA) is 80.5 Å². The zero-order valence-corrected chi connectivity index (χ0v) is 7.19. The van der Waals surface area contributed by atoms with Gasteiger partial charge in [0.1, 0.15) is 16.4 Å². The van der Waals surface area contributed by atoms with Crippen molar-refractivity contribution in [3.05, 3.63) is 10.4 Å². The average molecular weight is 204 g/mol. The van der Waals surface area contributed by atoms with Gasteiger partial charge in [-0.1, -0.05) is 11.6 Å². The smallest absolute Gasteiger partial charge is 0.226 e. The van der Waals surface area contributed by atoms with Gasteiger partial charge in [-0.15, -0.1) is 0 Å². The summed E-state index contributed by atoms with van der Waals surface area (Å²) in [5, 5.41) is 7.16. The number of nitrogen functional groups attached to an aromatic ring is 1. The van der Waals surface area contributed by atoms with E-state index in [0.29, 0.717) is 16.2 Å². The Morgan fingerprint density at radius 1 is 1.25 bits per heavy atom. The van der Waals surface area contributed by atoms with Gasteiger partial charge in [0.2, 0.25) is 5.28 Å². The highest BCUT2D eigenvalue weighted by molar-refractivity contribution is 6.35. The van der Waals surface area contributed by atoms with Gasteiger partial charge in [0.25, 0.3) is 0 Å². The normalized spacial score (nSPS) is 10.8. The molecule has 0 aromatic carbocycles. The molecule has 2 aromatic heterocycles. The van der Waals surface area contributed by atoms with E-state index in [0.717, 1.165) is 0 Å². The highest BCUT2D eigenvalue weighted by atomic mass is 35.5. The summed E-state index contributed by atoms with van der Waals surface area (Å²) in [5.41, 5.74) is 5.90. The Morgan fingerprint density at radius 2 is 2.00 bits per heavy atom. The average Bonchev–Trinajstić information content (AvgIpc) is 2.31. The maximum atomic E-state index is 5.71. The molecule has 0 amide bonds. The summed E-state index contributed by atoms with van der Waals surface area (Å²) < 4.78 is 0. The number of hydrogen-bond donors (Lipinski definition) is 2. The molecular formula is C5H3Cl2N5. The molecule has 0 aliphatic heterocycles. The molecule has 7 heteroatoms. The Labute approximate surface area is 76.9 Å². The van der Waals surface area contributed by atoms with E-state index in [1.807, 2.05) is 0 Å². The quantitative estimate of drug-likeness (QED) is 0.632. The number of aromatic nitrogens is 4. The number of hydrogen-bond acceptors (Lipinski definition) is 4. The second-order valence-corrected chi connectivity index (χ2v) is 2.83. The fourth-order valence-corrected chi connectivity index (χ4v) is 1.28.